The lowest BCUT2D eigenvalue weighted by Crippen LogP contribution is -2.21. The standard InChI is InChI=1S/C6H10O6/c7-3-6(11)12-5(10)2-1-4(8)9/h6-7,11H,1-3H2,(H,8,9). The summed E-state index contributed by atoms with van der Waals surface area (Å²) in [6.07, 6.45) is -2.23. The number of hydrogen-bond acceptors (Lipinski definition) is 5. The van der Waals surface area contributed by atoms with Crippen LogP contribution in [-0.4, -0.2) is 40.2 Å². The van der Waals surface area contributed by atoms with Crippen molar-refractivity contribution in [1.82, 2.24) is 0 Å². The van der Waals surface area contributed by atoms with Gasteiger partial charge in [-0.1, -0.05) is 0 Å². The maximum atomic E-state index is 10.6. The third-order valence-electron chi connectivity index (χ3n) is 0.967. The number of carboxylic acids is 1. The molecule has 0 rings (SSSR count). The number of esters is 1. The van der Waals surface area contributed by atoms with Crippen molar-refractivity contribution in [2.24, 2.45) is 0 Å². The predicted molar refractivity (Wildman–Crippen MR) is 36.1 cm³/mol. The minimum absolute atomic E-state index is 0.313. The van der Waals surface area contributed by atoms with Crippen LogP contribution in [-0.2, 0) is 14.3 Å². The van der Waals surface area contributed by atoms with Crippen LogP contribution < -0.4 is 0 Å². The molecule has 0 aliphatic carbocycles. The first-order valence-electron chi connectivity index (χ1n) is 3.26. The molecule has 6 heteroatoms. The fourth-order valence-corrected chi connectivity index (χ4v) is 0.457. The van der Waals surface area contributed by atoms with Gasteiger partial charge in [0.1, 0.15) is 6.61 Å². The number of carbonyl (C=O) groups excluding carboxylic acids is 1. The van der Waals surface area contributed by atoms with Crippen LogP contribution in [0.4, 0.5) is 0 Å². The van der Waals surface area contributed by atoms with E-state index in [1.807, 2.05) is 0 Å². The van der Waals surface area contributed by atoms with E-state index in [1.165, 1.54) is 0 Å². The summed E-state index contributed by atoms with van der Waals surface area (Å²) >= 11 is 0. The molecule has 0 bridgehead atoms. The number of aliphatic carboxylic acids is 1. The highest BCUT2D eigenvalue weighted by Crippen LogP contribution is 1.95. The largest absolute Gasteiger partial charge is 0.481 e. The van der Waals surface area contributed by atoms with Crippen LogP contribution >= 0.6 is 0 Å². The molecular weight excluding hydrogens is 168 g/mol. The number of aliphatic hydroxyl groups is 2. The van der Waals surface area contributed by atoms with E-state index in [0.717, 1.165) is 0 Å². The van der Waals surface area contributed by atoms with Gasteiger partial charge in [-0.25, -0.2) is 0 Å². The zero-order chi connectivity index (χ0) is 9.56. The van der Waals surface area contributed by atoms with Crippen molar-refractivity contribution < 1.29 is 29.6 Å². The number of carbonyl (C=O) groups is 2. The van der Waals surface area contributed by atoms with Gasteiger partial charge in [0.15, 0.2) is 0 Å². The highest BCUT2D eigenvalue weighted by atomic mass is 16.6. The fraction of sp³-hybridized carbons (Fsp3) is 0.667. The van der Waals surface area contributed by atoms with Gasteiger partial charge < -0.3 is 20.1 Å². The summed E-state index contributed by atoms with van der Waals surface area (Å²) in [6, 6.07) is 0. The predicted octanol–water partition coefficient (Wildman–Crippen LogP) is -1.29. The minimum atomic E-state index is -1.56. The van der Waals surface area contributed by atoms with Gasteiger partial charge in [-0.15, -0.1) is 0 Å². The van der Waals surface area contributed by atoms with Crippen LogP contribution in [0.3, 0.4) is 0 Å². The average Bonchev–Trinajstić information content (AvgIpc) is 2.00. The van der Waals surface area contributed by atoms with Crippen molar-refractivity contribution in [3.8, 4) is 0 Å². The van der Waals surface area contributed by atoms with Crippen molar-refractivity contribution in [3.63, 3.8) is 0 Å². The summed E-state index contributed by atoms with van der Waals surface area (Å²) in [6.45, 7) is -0.696. The second-order valence-electron chi connectivity index (χ2n) is 2.02. The second-order valence-corrected chi connectivity index (χ2v) is 2.02. The van der Waals surface area contributed by atoms with E-state index in [0.29, 0.717) is 0 Å². The van der Waals surface area contributed by atoms with Crippen LogP contribution in [0.1, 0.15) is 12.8 Å². The molecule has 0 aromatic carbocycles. The molecule has 0 saturated heterocycles. The Bertz CT molecular complexity index is 165. The molecule has 6 nitrogen and oxygen atoms in total. The van der Waals surface area contributed by atoms with Gasteiger partial charge in [-0.3, -0.25) is 9.59 Å². The van der Waals surface area contributed by atoms with E-state index >= 15 is 0 Å². The first-order valence-corrected chi connectivity index (χ1v) is 3.26. The SMILES string of the molecule is O=C(O)CCC(=O)OC(O)CO. The van der Waals surface area contributed by atoms with Crippen LogP contribution in [0, 0.1) is 0 Å². The Morgan fingerprint density at radius 3 is 2.33 bits per heavy atom. The highest BCUT2D eigenvalue weighted by molar-refractivity contribution is 5.76. The number of rotatable bonds is 5. The molecule has 0 radical (unpaired) electrons. The van der Waals surface area contributed by atoms with Gasteiger partial charge in [-0.2, -0.15) is 0 Å². The van der Waals surface area contributed by atoms with E-state index in [1.54, 1.807) is 0 Å². The molecule has 0 aliphatic heterocycles. The van der Waals surface area contributed by atoms with Crippen LogP contribution in [0.15, 0.2) is 0 Å². The van der Waals surface area contributed by atoms with Gasteiger partial charge in [0.2, 0.25) is 6.29 Å². The third kappa shape index (κ3) is 5.63. The molecule has 1 atom stereocenters. The molecule has 1 unspecified atom stereocenters. The number of aliphatic hydroxyl groups excluding tert-OH is 2. The summed E-state index contributed by atoms with van der Waals surface area (Å²) in [5.41, 5.74) is 0. The average molecular weight is 178 g/mol. The summed E-state index contributed by atoms with van der Waals surface area (Å²) in [4.78, 5) is 20.5. The summed E-state index contributed by atoms with van der Waals surface area (Å²) in [7, 11) is 0. The van der Waals surface area contributed by atoms with E-state index in [2.05, 4.69) is 4.74 Å². The third-order valence-corrected chi connectivity index (χ3v) is 0.967. The quantitative estimate of drug-likeness (QED) is 0.357. The number of ether oxygens (including phenoxy) is 1. The van der Waals surface area contributed by atoms with Gasteiger partial charge in [0.25, 0.3) is 0 Å². The second kappa shape index (κ2) is 5.50. The first kappa shape index (κ1) is 10.9. The van der Waals surface area contributed by atoms with Crippen molar-refractivity contribution in [1.29, 1.82) is 0 Å². The number of hydrogen-bond donors (Lipinski definition) is 3. The molecule has 0 fully saturated rings. The molecule has 0 aromatic rings. The Kier molecular flexibility index (Phi) is 4.98. The van der Waals surface area contributed by atoms with E-state index in [9.17, 15) is 9.59 Å². The lowest BCUT2D eigenvalue weighted by molar-refractivity contribution is -0.174. The monoisotopic (exact) mass is 178 g/mol. The smallest absolute Gasteiger partial charge is 0.308 e. The molecule has 70 valence electrons. The Labute approximate surface area is 68.4 Å². The number of carboxylic acid groups (broad SMARTS) is 1. The Morgan fingerprint density at radius 2 is 1.92 bits per heavy atom. The van der Waals surface area contributed by atoms with Crippen molar-refractivity contribution >= 4 is 11.9 Å². The lowest BCUT2D eigenvalue weighted by atomic mass is 10.3. The Balaban J connectivity index is 3.53. The Hall–Kier alpha value is -1.14. The van der Waals surface area contributed by atoms with Crippen LogP contribution in [0.25, 0.3) is 0 Å². The molecule has 12 heavy (non-hydrogen) atoms. The summed E-state index contributed by atoms with van der Waals surface area (Å²) < 4.78 is 4.15. The lowest BCUT2D eigenvalue weighted by Gasteiger charge is -2.07. The van der Waals surface area contributed by atoms with E-state index in [4.69, 9.17) is 15.3 Å². The van der Waals surface area contributed by atoms with Crippen molar-refractivity contribution in [2.75, 3.05) is 6.61 Å². The van der Waals surface area contributed by atoms with Gasteiger partial charge in [0, 0.05) is 0 Å². The van der Waals surface area contributed by atoms with Crippen molar-refractivity contribution in [2.45, 2.75) is 19.1 Å². The first-order chi connectivity index (χ1) is 5.56. The Morgan fingerprint density at radius 1 is 1.33 bits per heavy atom. The van der Waals surface area contributed by atoms with Gasteiger partial charge in [-0.05, 0) is 0 Å². The summed E-state index contributed by atoms with van der Waals surface area (Å²) in [5.74, 6) is -1.97. The van der Waals surface area contributed by atoms with Crippen LogP contribution in [0.2, 0.25) is 0 Å². The molecule has 3 N–H and O–H groups in total. The molecule has 0 saturated carbocycles. The van der Waals surface area contributed by atoms with Gasteiger partial charge >= 0.3 is 11.9 Å². The van der Waals surface area contributed by atoms with E-state index < -0.39 is 24.8 Å². The molecule has 0 aromatic heterocycles. The highest BCUT2D eigenvalue weighted by Gasteiger charge is 2.10. The minimum Gasteiger partial charge on any atom is -0.481 e. The topological polar surface area (TPSA) is 104 Å². The maximum Gasteiger partial charge on any atom is 0.308 e. The molecule has 0 amide bonds. The maximum absolute atomic E-state index is 10.6. The van der Waals surface area contributed by atoms with Crippen LogP contribution in [0.5, 0.6) is 0 Å². The molecular formula is C6H10O6. The fourth-order valence-electron chi connectivity index (χ4n) is 0.457. The van der Waals surface area contributed by atoms with Gasteiger partial charge in [0.05, 0.1) is 12.8 Å². The zero-order valence-electron chi connectivity index (χ0n) is 6.27. The normalized spacial score (nSPS) is 12.2. The molecule has 0 heterocycles. The van der Waals surface area contributed by atoms with Crippen molar-refractivity contribution in [3.05, 3.63) is 0 Å². The van der Waals surface area contributed by atoms with E-state index in [-0.39, 0.29) is 12.8 Å². The summed E-state index contributed by atoms with van der Waals surface area (Å²) in [5, 5.41) is 24.9. The molecule has 0 aliphatic rings. The molecule has 0 spiro atoms. The zero-order valence-corrected chi connectivity index (χ0v) is 6.27.